The van der Waals surface area contributed by atoms with E-state index < -0.39 is 6.09 Å². The van der Waals surface area contributed by atoms with E-state index in [9.17, 15) is 4.79 Å². The summed E-state index contributed by atoms with van der Waals surface area (Å²) in [4.78, 5) is 11.0. The highest BCUT2D eigenvalue weighted by Gasteiger charge is 2.22. The number of rotatable bonds is 1. The maximum absolute atomic E-state index is 11.0. The molecule has 1 aromatic carbocycles. The Bertz CT molecular complexity index is 365. The van der Waals surface area contributed by atoms with Crippen LogP contribution in [0.2, 0.25) is 0 Å². The van der Waals surface area contributed by atoms with Crippen LogP contribution < -0.4 is 10.1 Å². The molecular formula is C11H13NO3. The van der Waals surface area contributed by atoms with Crippen LogP contribution in [0.3, 0.4) is 0 Å². The number of para-hydroxylation sites is 1. The molecule has 1 N–H and O–H groups in total. The molecule has 0 radical (unpaired) electrons. The van der Waals surface area contributed by atoms with Crippen LogP contribution in [0.1, 0.15) is 5.56 Å². The number of fused-ring (bicyclic) bond motifs is 1. The molecule has 0 aliphatic carbocycles. The molecule has 0 fully saturated rings. The third-order valence-electron chi connectivity index (χ3n) is 2.32. The number of benzene rings is 1. The van der Waals surface area contributed by atoms with Gasteiger partial charge in [-0.1, -0.05) is 18.2 Å². The van der Waals surface area contributed by atoms with Crippen LogP contribution >= 0.6 is 0 Å². The molecule has 15 heavy (non-hydrogen) atoms. The lowest BCUT2D eigenvalue weighted by atomic mass is 10.0. The summed E-state index contributed by atoms with van der Waals surface area (Å²) in [5.41, 5.74) is 1.08. The van der Waals surface area contributed by atoms with Crippen molar-refractivity contribution in [3.05, 3.63) is 29.8 Å². The van der Waals surface area contributed by atoms with Gasteiger partial charge in [0.1, 0.15) is 18.5 Å². The Labute approximate surface area is 88.2 Å². The van der Waals surface area contributed by atoms with Crippen LogP contribution in [-0.2, 0) is 11.2 Å². The average molecular weight is 207 g/mol. The lowest BCUT2D eigenvalue weighted by Gasteiger charge is -2.24. The Morgan fingerprint density at radius 3 is 3.13 bits per heavy atom. The standard InChI is InChI=1S/C11H13NO3/c1-12-11(13)15-9-6-8-4-2-3-5-10(8)14-7-9/h2-5,9H,6-7H2,1H3,(H,12,13). The first kappa shape index (κ1) is 9.83. The lowest BCUT2D eigenvalue weighted by molar-refractivity contribution is 0.0569. The Morgan fingerprint density at radius 1 is 1.53 bits per heavy atom. The Kier molecular flexibility index (Phi) is 2.76. The molecule has 0 spiro atoms. The third-order valence-corrected chi connectivity index (χ3v) is 2.32. The van der Waals surface area contributed by atoms with Crippen LogP contribution in [0, 0.1) is 0 Å². The van der Waals surface area contributed by atoms with Crippen molar-refractivity contribution in [2.75, 3.05) is 13.7 Å². The van der Waals surface area contributed by atoms with Crippen molar-refractivity contribution in [1.82, 2.24) is 5.32 Å². The summed E-state index contributed by atoms with van der Waals surface area (Å²) >= 11 is 0. The molecule has 1 heterocycles. The van der Waals surface area contributed by atoms with Gasteiger partial charge in [0.15, 0.2) is 0 Å². The first-order valence-electron chi connectivity index (χ1n) is 4.88. The highest BCUT2D eigenvalue weighted by molar-refractivity contribution is 5.67. The topological polar surface area (TPSA) is 47.6 Å². The minimum Gasteiger partial charge on any atom is -0.489 e. The first-order chi connectivity index (χ1) is 7.29. The largest absolute Gasteiger partial charge is 0.489 e. The van der Waals surface area contributed by atoms with Gasteiger partial charge in [-0.2, -0.15) is 0 Å². The van der Waals surface area contributed by atoms with Crippen molar-refractivity contribution in [2.45, 2.75) is 12.5 Å². The van der Waals surface area contributed by atoms with E-state index in [1.54, 1.807) is 7.05 Å². The molecule has 4 nitrogen and oxygen atoms in total. The fraction of sp³-hybridized carbons (Fsp3) is 0.364. The molecule has 1 atom stereocenters. The van der Waals surface area contributed by atoms with Crippen LogP contribution in [0.25, 0.3) is 0 Å². The summed E-state index contributed by atoms with van der Waals surface area (Å²) in [5, 5.41) is 2.42. The second-order valence-corrected chi connectivity index (χ2v) is 3.40. The number of ether oxygens (including phenoxy) is 2. The van der Waals surface area contributed by atoms with E-state index in [4.69, 9.17) is 9.47 Å². The van der Waals surface area contributed by atoms with Gasteiger partial charge in [0.2, 0.25) is 0 Å². The first-order valence-corrected chi connectivity index (χ1v) is 4.88. The zero-order valence-corrected chi connectivity index (χ0v) is 8.53. The molecule has 4 heteroatoms. The summed E-state index contributed by atoms with van der Waals surface area (Å²) in [6.07, 6.45) is 0.103. The Balaban J connectivity index is 2.02. The van der Waals surface area contributed by atoms with Crippen molar-refractivity contribution in [3.63, 3.8) is 0 Å². The maximum atomic E-state index is 11.0. The number of hydrogen-bond donors (Lipinski definition) is 1. The highest BCUT2D eigenvalue weighted by atomic mass is 16.6. The van der Waals surface area contributed by atoms with E-state index in [0.717, 1.165) is 11.3 Å². The summed E-state index contributed by atoms with van der Waals surface area (Å²) in [6.45, 7) is 0.421. The minimum atomic E-state index is -0.414. The van der Waals surface area contributed by atoms with E-state index in [1.165, 1.54) is 0 Å². The molecule has 1 aliphatic heterocycles. The predicted molar refractivity (Wildman–Crippen MR) is 55.0 cm³/mol. The van der Waals surface area contributed by atoms with Gasteiger partial charge >= 0.3 is 6.09 Å². The zero-order valence-electron chi connectivity index (χ0n) is 8.53. The van der Waals surface area contributed by atoms with E-state index in [-0.39, 0.29) is 6.10 Å². The summed E-state index contributed by atoms with van der Waals surface area (Å²) in [6, 6.07) is 7.78. The molecule has 1 amide bonds. The third kappa shape index (κ3) is 2.21. The SMILES string of the molecule is CNC(=O)OC1COc2ccccc2C1. The Morgan fingerprint density at radius 2 is 2.33 bits per heavy atom. The summed E-state index contributed by atoms with van der Waals surface area (Å²) < 4.78 is 10.6. The lowest BCUT2D eigenvalue weighted by Crippen LogP contribution is -2.34. The van der Waals surface area contributed by atoms with Gasteiger partial charge in [0.25, 0.3) is 0 Å². The van der Waals surface area contributed by atoms with Crippen molar-refractivity contribution < 1.29 is 14.3 Å². The van der Waals surface area contributed by atoms with Gasteiger partial charge in [-0.3, -0.25) is 0 Å². The normalized spacial score (nSPS) is 18.6. The molecule has 0 aromatic heterocycles. The van der Waals surface area contributed by atoms with Crippen LogP contribution in [0.5, 0.6) is 5.75 Å². The molecule has 2 rings (SSSR count). The van der Waals surface area contributed by atoms with E-state index in [2.05, 4.69) is 5.32 Å². The van der Waals surface area contributed by atoms with Gasteiger partial charge in [0, 0.05) is 13.5 Å². The van der Waals surface area contributed by atoms with Crippen LogP contribution in [-0.4, -0.2) is 25.9 Å². The van der Waals surface area contributed by atoms with Crippen molar-refractivity contribution in [3.8, 4) is 5.75 Å². The molecule has 0 saturated carbocycles. The number of carbonyl (C=O) groups is 1. The van der Waals surface area contributed by atoms with Crippen LogP contribution in [0.15, 0.2) is 24.3 Å². The molecule has 0 saturated heterocycles. The van der Waals surface area contributed by atoms with E-state index in [0.29, 0.717) is 13.0 Å². The number of alkyl carbamates (subject to hydrolysis) is 1. The average Bonchev–Trinajstić information content (AvgIpc) is 2.29. The molecule has 1 aliphatic rings. The monoisotopic (exact) mass is 207 g/mol. The summed E-state index contributed by atoms with van der Waals surface area (Å²) in [5.74, 6) is 0.884. The summed E-state index contributed by atoms with van der Waals surface area (Å²) in [7, 11) is 1.54. The molecular weight excluding hydrogens is 194 g/mol. The number of nitrogens with one attached hydrogen (secondary N) is 1. The number of carbonyl (C=O) groups excluding carboxylic acids is 1. The molecule has 0 bridgehead atoms. The fourth-order valence-corrected chi connectivity index (χ4v) is 1.59. The van der Waals surface area contributed by atoms with E-state index >= 15 is 0 Å². The van der Waals surface area contributed by atoms with Gasteiger partial charge in [0.05, 0.1) is 0 Å². The molecule has 1 aromatic rings. The predicted octanol–water partition coefficient (Wildman–Crippen LogP) is 1.35. The quantitative estimate of drug-likeness (QED) is 0.756. The smallest absolute Gasteiger partial charge is 0.407 e. The second kappa shape index (κ2) is 4.21. The Hall–Kier alpha value is -1.71. The maximum Gasteiger partial charge on any atom is 0.407 e. The molecule has 1 unspecified atom stereocenters. The second-order valence-electron chi connectivity index (χ2n) is 3.40. The van der Waals surface area contributed by atoms with Gasteiger partial charge in [-0.25, -0.2) is 4.79 Å². The molecule has 80 valence electrons. The van der Waals surface area contributed by atoms with Gasteiger partial charge in [-0.05, 0) is 11.6 Å². The van der Waals surface area contributed by atoms with Gasteiger partial charge in [-0.15, -0.1) is 0 Å². The van der Waals surface area contributed by atoms with Crippen LogP contribution in [0.4, 0.5) is 4.79 Å². The number of hydrogen-bond acceptors (Lipinski definition) is 3. The van der Waals surface area contributed by atoms with Gasteiger partial charge < -0.3 is 14.8 Å². The fourth-order valence-electron chi connectivity index (χ4n) is 1.59. The highest BCUT2D eigenvalue weighted by Crippen LogP contribution is 2.24. The van der Waals surface area contributed by atoms with Crippen molar-refractivity contribution in [1.29, 1.82) is 0 Å². The number of amides is 1. The minimum absolute atomic E-state index is 0.195. The van der Waals surface area contributed by atoms with Crippen molar-refractivity contribution in [2.24, 2.45) is 0 Å². The zero-order chi connectivity index (χ0) is 10.7. The van der Waals surface area contributed by atoms with Crippen molar-refractivity contribution >= 4 is 6.09 Å². The van der Waals surface area contributed by atoms with E-state index in [1.807, 2.05) is 24.3 Å².